The molecule has 2 rings (SSSR count). The molecule has 2 N–H and O–H groups in total. The molecule has 2 saturated heterocycles. The zero-order valence-electron chi connectivity index (χ0n) is 17.1. The SMILES string of the molecule is C=N/C(=C\N=C(C)N)N1CCC(N2CCN(C(=O)OC(C)(C)C)CC2)CC1. The van der Waals surface area contributed by atoms with E-state index in [9.17, 15) is 4.79 Å². The lowest BCUT2D eigenvalue weighted by atomic mass is 10.0. The number of amidine groups is 1. The van der Waals surface area contributed by atoms with Crippen molar-refractivity contribution in [3.63, 3.8) is 0 Å². The summed E-state index contributed by atoms with van der Waals surface area (Å²) in [6, 6.07) is 0.535. The van der Waals surface area contributed by atoms with Gasteiger partial charge in [-0.2, -0.15) is 0 Å². The number of nitrogens with zero attached hydrogens (tertiary/aromatic N) is 5. The highest BCUT2D eigenvalue weighted by atomic mass is 16.6. The van der Waals surface area contributed by atoms with Crippen LogP contribution in [0.3, 0.4) is 0 Å². The van der Waals surface area contributed by atoms with Crippen LogP contribution in [0.1, 0.15) is 40.5 Å². The van der Waals surface area contributed by atoms with E-state index in [0.29, 0.717) is 11.9 Å². The molecule has 2 fully saturated rings. The van der Waals surface area contributed by atoms with E-state index in [0.717, 1.165) is 57.9 Å². The fourth-order valence-corrected chi connectivity index (χ4v) is 3.44. The number of ether oxygens (including phenoxy) is 1. The zero-order chi connectivity index (χ0) is 20.0. The first-order chi connectivity index (χ1) is 12.7. The molecule has 0 saturated carbocycles. The molecule has 0 spiro atoms. The van der Waals surface area contributed by atoms with Gasteiger partial charge < -0.3 is 20.3 Å². The Morgan fingerprint density at radius 3 is 2.19 bits per heavy atom. The maximum Gasteiger partial charge on any atom is 0.410 e. The Hall–Kier alpha value is -2.09. The van der Waals surface area contributed by atoms with Crippen molar-refractivity contribution in [2.45, 2.75) is 52.2 Å². The second kappa shape index (κ2) is 9.21. The summed E-state index contributed by atoms with van der Waals surface area (Å²) in [7, 11) is 0. The van der Waals surface area contributed by atoms with Crippen LogP contribution >= 0.6 is 0 Å². The molecule has 0 unspecified atom stereocenters. The lowest BCUT2D eigenvalue weighted by Gasteiger charge is -2.43. The summed E-state index contributed by atoms with van der Waals surface area (Å²) in [6.45, 7) is 16.2. The molecule has 0 radical (unpaired) electrons. The Bertz CT molecular complexity index is 575. The van der Waals surface area contributed by atoms with E-state index in [1.807, 2.05) is 25.7 Å². The highest BCUT2D eigenvalue weighted by molar-refractivity contribution is 5.78. The molecular formula is C19H34N6O2. The van der Waals surface area contributed by atoms with Gasteiger partial charge in [-0.3, -0.25) is 4.90 Å². The summed E-state index contributed by atoms with van der Waals surface area (Å²) in [4.78, 5) is 26.9. The summed E-state index contributed by atoms with van der Waals surface area (Å²) in [5.74, 6) is 1.28. The van der Waals surface area contributed by atoms with Gasteiger partial charge in [0.1, 0.15) is 11.4 Å². The molecule has 0 aromatic heterocycles. The van der Waals surface area contributed by atoms with Crippen LogP contribution in [0.5, 0.6) is 0 Å². The maximum absolute atomic E-state index is 12.2. The fourth-order valence-electron chi connectivity index (χ4n) is 3.44. The van der Waals surface area contributed by atoms with E-state index in [-0.39, 0.29) is 6.09 Å². The maximum atomic E-state index is 12.2. The highest BCUT2D eigenvalue weighted by Crippen LogP contribution is 2.22. The number of carbonyl (C=O) groups excluding carboxylic acids is 1. The number of piperidine rings is 1. The lowest BCUT2D eigenvalue weighted by Crippen LogP contribution is -2.54. The quantitative estimate of drug-likeness (QED) is 0.596. The molecule has 8 nitrogen and oxygen atoms in total. The second-order valence-electron chi connectivity index (χ2n) is 8.14. The first-order valence-electron chi connectivity index (χ1n) is 9.63. The monoisotopic (exact) mass is 378 g/mol. The number of rotatable bonds is 4. The normalized spacial score (nSPS) is 21.3. The van der Waals surface area contributed by atoms with Crippen LogP contribution in [0.4, 0.5) is 4.79 Å². The van der Waals surface area contributed by atoms with Crippen LogP contribution in [-0.4, -0.2) is 84.3 Å². The van der Waals surface area contributed by atoms with Crippen molar-refractivity contribution in [3.8, 4) is 0 Å². The zero-order valence-corrected chi connectivity index (χ0v) is 17.1. The van der Waals surface area contributed by atoms with Gasteiger partial charge in [-0.1, -0.05) is 0 Å². The molecule has 2 heterocycles. The minimum Gasteiger partial charge on any atom is -0.444 e. The van der Waals surface area contributed by atoms with Gasteiger partial charge in [-0.25, -0.2) is 14.8 Å². The van der Waals surface area contributed by atoms with Crippen molar-refractivity contribution in [3.05, 3.63) is 12.0 Å². The average Bonchev–Trinajstić information content (AvgIpc) is 2.61. The third-order valence-electron chi connectivity index (χ3n) is 4.82. The van der Waals surface area contributed by atoms with Gasteiger partial charge in [0, 0.05) is 45.3 Å². The van der Waals surface area contributed by atoms with Crippen molar-refractivity contribution in [2.75, 3.05) is 39.3 Å². The van der Waals surface area contributed by atoms with Crippen LogP contribution in [-0.2, 0) is 4.74 Å². The van der Waals surface area contributed by atoms with Crippen molar-refractivity contribution in [1.82, 2.24) is 14.7 Å². The molecule has 2 aliphatic heterocycles. The predicted octanol–water partition coefficient (Wildman–Crippen LogP) is 1.88. The largest absolute Gasteiger partial charge is 0.444 e. The van der Waals surface area contributed by atoms with E-state index in [2.05, 4.69) is 26.5 Å². The molecule has 27 heavy (non-hydrogen) atoms. The van der Waals surface area contributed by atoms with Crippen LogP contribution in [0.2, 0.25) is 0 Å². The minimum absolute atomic E-state index is 0.209. The van der Waals surface area contributed by atoms with E-state index in [4.69, 9.17) is 10.5 Å². The molecule has 0 aromatic carbocycles. The van der Waals surface area contributed by atoms with E-state index in [1.165, 1.54) is 0 Å². The van der Waals surface area contributed by atoms with Gasteiger partial charge >= 0.3 is 6.09 Å². The summed E-state index contributed by atoms with van der Waals surface area (Å²) in [5, 5.41) is 0. The summed E-state index contributed by atoms with van der Waals surface area (Å²) in [6.07, 6.45) is 3.59. The molecule has 2 aliphatic rings. The van der Waals surface area contributed by atoms with Gasteiger partial charge in [0.15, 0.2) is 0 Å². The van der Waals surface area contributed by atoms with E-state index >= 15 is 0 Å². The van der Waals surface area contributed by atoms with Gasteiger partial charge in [0.05, 0.1) is 12.0 Å². The molecule has 0 bridgehead atoms. The first kappa shape index (κ1) is 21.2. The predicted molar refractivity (Wildman–Crippen MR) is 109 cm³/mol. The smallest absolute Gasteiger partial charge is 0.410 e. The summed E-state index contributed by atoms with van der Waals surface area (Å²) >= 11 is 0. The lowest BCUT2D eigenvalue weighted by molar-refractivity contribution is 0.00664. The van der Waals surface area contributed by atoms with E-state index in [1.54, 1.807) is 13.1 Å². The number of nitrogens with two attached hydrogens (primary N) is 1. The standard InChI is InChI=1S/C19H34N6O2/c1-15(20)22-14-17(21-5)24-8-6-16(7-9-24)23-10-12-25(13-11-23)18(26)27-19(2,3)4/h14,16H,5-13H2,1-4H3,(H2,20,22)/b17-14+. The summed E-state index contributed by atoms with van der Waals surface area (Å²) < 4.78 is 5.47. The fraction of sp³-hybridized carbons (Fsp3) is 0.737. The Morgan fingerprint density at radius 1 is 1.11 bits per heavy atom. The summed E-state index contributed by atoms with van der Waals surface area (Å²) in [5.41, 5.74) is 5.15. The van der Waals surface area contributed by atoms with Crippen molar-refractivity contribution in [2.24, 2.45) is 15.7 Å². The molecule has 0 aromatic rings. The average molecular weight is 379 g/mol. The number of aliphatic imine (C=N–C) groups is 2. The Balaban J connectivity index is 1.81. The number of piperazine rings is 1. The van der Waals surface area contributed by atoms with Crippen LogP contribution < -0.4 is 5.73 Å². The third kappa shape index (κ3) is 6.53. The van der Waals surface area contributed by atoms with Crippen molar-refractivity contribution < 1.29 is 9.53 Å². The first-order valence-corrected chi connectivity index (χ1v) is 9.63. The Morgan fingerprint density at radius 2 is 1.70 bits per heavy atom. The molecule has 0 aliphatic carbocycles. The van der Waals surface area contributed by atoms with Gasteiger partial charge in [-0.15, -0.1) is 0 Å². The Kier molecular flexibility index (Phi) is 7.24. The second-order valence-corrected chi connectivity index (χ2v) is 8.14. The number of hydrogen-bond acceptors (Lipinski definition) is 6. The Labute approximate surface area is 162 Å². The van der Waals surface area contributed by atoms with Crippen molar-refractivity contribution >= 4 is 18.6 Å². The van der Waals surface area contributed by atoms with Gasteiger partial charge in [0.25, 0.3) is 0 Å². The molecule has 152 valence electrons. The highest BCUT2D eigenvalue weighted by Gasteiger charge is 2.30. The van der Waals surface area contributed by atoms with Crippen LogP contribution in [0.25, 0.3) is 0 Å². The molecular weight excluding hydrogens is 344 g/mol. The number of hydrogen-bond donors (Lipinski definition) is 1. The van der Waals surface area contributed by atoms with Gasteiger partial charge in [-0.05, 0) is 47.3 Å². The van der Waals surface area contributed by atoms with Crippen molar-refractivity contribution in [1.29, 1.82) is 0 Å². The molecule has 0 atom stereocenters. The molecule has 1 amide bonds. The minimum atomic E-state index is -0.446. The van der Waals surface area contributed by atoms with Crippen LogP contribution in [0.15, 0.2) is 22.0 Å². The van der Waals surface area contributed by atoms with Crippen LogP contribution in [0, 0.1) is 0 Å². The van der Waals surface area contributed by atoms with E-state index < -0.39 is 5.60 Å². The molecule has 8 heteroatoms. The number of amides is 1. The van der Waals surface area contributed by atoms with Gasteiger partial charge in [0.2, 0.25) is 0 Å². The number of likely N-dealkylation sites (tertiary alicyclic amines) is 1. The third-order valence-corrected chi connectivity index (χ3v) is 4.82. The number of carbonyl (C=O) groups is 1. The topological polar surface area (TPSA) is 86.8 Å².